The number of rotatable bonds is 3. The van der Waals surface area contributed by atoms with Crippen LogP contribution in [0.3, 0.4) is 0 Å². The highest BCUT2D eigenvalue weighted by molar-refractivity contribution is 7.98. The van der Waals surface area contributed by atoms with E-state index in [1.165, 1.54) is 11.2 Å². The minimum absolute atomic E-state index is 0.401. The first-order valence-corrected chi connectivity index (χ1v) is 6.49. The van der Waals surface area contributed by atoms with Crippen LogP contribution in [0.1, 0.15) is 10.4 Å². The molecule has 0 spiro atoms. The van der Waals surface area contributed by atoms with Gasteiger partial charge in [-0.1, -0.05) is 23.6 Å². The second-order valence-electron chi connectivity index (χ2n) is 2.89. The van der Waals surface area contributed by atoms with E-state index < -0.39 is 0 Å². The van der Waals surface area contributed by atoms with Gasteiger partial charge in [0.25, 0.3) is 0 Å². The minimum atomic E-state index is 0.401. The Kier molecular flexibility index (Phi) is 3.99. The normalized spacial score (nSPS) is 9.81. The zero-order valence-corrected chi connectivity index (χ0v) is 10.1. The molecule has 82 valence electrons. The zero-order valence-electron chi connectivity index (χ0n) is 8.43. The Bertz CT molecular complexity index is 492. The second-order valence-corrected chi connectivity index (χ2v) is 4.85. The maximum Gasteiger partial charge on any atom is 0.183 e. The van der Waals surface area contributed by atoms with Crippen molar-refractivity contribution >= 4 is 23.1 Å². The largest absolute Gasteiger partial charge is 0.320 e. The SMILES string of the molecule is NCC#Cc1csc(CSc2ncn[nH]2)c1. The summed E-state index contributed by atoms with van der Waals surface area (Å²) >= 11 is 3.32. The van der Waals surface area contributed by atoms with E-state index >= 15 is 0 Å². The summed E-state index contributed by atoms with van der Waals surface area (Å²) in [6.07, 6.45) is 1.51. The second kappa shape index (κ2) is 5.70. The molecule has 0 unspecified atom stereocenters. The van der Waals surface area contributed by atoms with Gasteiger partial charge in [-0.3, -0.25) is 5.10 Å². The van der Waals surface area contributed by atoms with Gasteiger partial charge >= 0.3 is 0 Å². The highest BCUT2D eigenvalue weighted by atomic mass is 32.2. The van der Waals surface area contributed by atoms with Gasteiger partial charge < -0.3 is 5.73 Å². The molecule has 2 aromatic rings. The molecule has 0 aliphatic heterocycles. The van der Waals surface area contributed by atoms with Crippen molar-refractivity contribution in [2.24, 2.45) is 5.73 Å². The van der Waals surface area contributed by atoms with Crippen molar-refractivity contribution in [1.82, 2.24) is 15.2 Å². The number of H-pyrrole nitrogens is 1. The van der Waals surface area contributed by atoms with Gasteiger partial charge in [0.1, 0.15) is 6.33 Å². The van der Waals surface area contributed by atoms with E-state index in [1.807, 2.05) is 5.38 Å². The van der Waals surface area contributed by atoms with Crippen LogP contribution in [-0.4, -0.2) is 21.7 Å². The highest BCUT2D eigenvalue weighted by Crippen LogP contribution is 2.23. The first kappa shape index (κ1) is 11.2. The lowest BCUT2D eigenvalue weighted by molar-refractivity contribution is 0.973. The Morgan fingerprint density at radius 2 is 2.50 bits per heavy atom. The maximum atomic E-state index is 5.31. The summed E-state index contributed by atoms with van der Waals surface area (Å²) in [4.78, 5) is 5.31. The molecule has 0 aliphatic rings. The monoisotopic (exact) mass is 250 g/mol. The Balaban J connectivity index is 1.93. The molecule has 2 aromatic heterocycles. The van der Waals surface area contributed by atoms with Crippen molar-refractivity contribution < 1.29 is 0 Å². The molecule has 0 radical (unpaired) electrons. The summed E-state index contributed by atoms with van der Waals surface area (Å²) in [7, 11) is 0. The number of hydrogen-bond acceptors (Lipinski definition) is 5. The molecule has 2 rings (SSSR count). The summed E-state index contributed by atoms with van der Waals surface area (Å²) in [5.74, 6) is 6.72. The zero-order chi connectivity index (χ0) is 11.2. The number of nitrogens with one attached hydrogen (secondary N) is 1. The molecule has 6 heteroatoms. The molecule has 2 heterocycles. The molecule has 0 fully saturated rings. The van der Waals surface area contributed by atoms with Crippen LogP contribution < -0.4 is 5.73 Å². The molecule has 0 bridgehead atoms. The van der Waals surface area contributed by atoms with Crippen LogP contribution in [0.4, 0.5) is 0 Å². The smallest absolute Gasteiger partial charge is 0.183 e. The predicted octanol–water partition coefficient (Wildman–Crippen LogP) is 1.47. The fourth-order valence-corrected chi connectivity index (χ4v) is 2.73. The number of thiophene rings is 1. The lowest BCUT2D eigenvalue weighted by Crippen LogP contribution is -1.92. The molecule has 0 saturated heterocycles. The van der Waals surface area contributed by atoms with Gasteiger partial charge in [0.05, 0.1) is 6.54 Å². The maximum absolute atomic E-state index is 5.31. The van der Waals surface area contributed by atoms with Crippen molar-refractivity contribution in [2.75, 3.05) is 6.54 Å². The van der Waals surface area contributed by atoms with E-state index in [0.29, 0.717) is 6.54 Å². The number of nitrogens with zero attached hydrogens (tertiary/aromatic N) is 2. The highest BCUT2D eigenvalue weighted by Gasteiger charge is 2.01. The molecule has 0 amide bonds. The van der Waals surface area contributed by atoms with Gasteiger partial charge in [-0.15, -0.1) is 11.3 Å². The van der Waals surface area contributed by atoms with Crippen molar-refractivity contribution in [3.63, 3.8) is 0 Å². The average Bonchev–Trinajstić information content (AvgIpc) is 2.95. The van der Waals surface area contributed by atoms with E-state index in [-0.39, 0.29) is 0 Å². The molecular weight excluding hydrogens is 240 g/mol. The molecule has 0 saturated carbocycles. The minimum Gasteiger partial charge on any atom is -0.320 e. The van der Waals surface area contributed by atoms with Crippen LogP contribution in [0.2, 0.25) is 0 Å². The Hall–Kier alpha value is -1.29. The molecule has 3 N–H and O–H groups in total. The quantitative estimate of drug-likeness (QED) is 0.639. The fourth-order valence-electron chi connectivity index (χ4n) is 1.08. The van der Waals surface area contributed by atoms with Crippen LogP contribution in [0.5, 0.6) is 0 Å². The Morgan fingerprint density at radius 3 is 3.25 bits per heavy atom. The lowest BCUT2D eigenvalue weighted by Gasteiger charge is -1.92. The van der Waals surface area contributed by atoms with Gasteiger partial charge in [0.2, 0.25) is 0 Å². The van der Waals surface area contributed by atoms with E-state index in [9.17, 15) is 0 Å². The van der Waals surface area contributed by atoms with Gasteiger partial charge in [0.15, 0.2) is 5.16 Å². The van der Waals surface area contributed by atoms with Crippen molar-refractivity contribution in [3.05, 3.63) is 28.2 Å². The van der Waals surface area contributed by atoms with E-state index in [1.54, 1.807) is 23.1 Å². The van der Waals surface area contributed by atoms with E-state index in [4.69, 9.17) is 5.73 Å². The summed E-state index contributed by atoms with van der Waals surface area (Å²) in [6.45, 7) is 0.401. The summed E-state index contributed by atoms with van der Waals surface area (Å²) in [5.41, 5.74) is 6.34. The first-order valence-electron chi connectivity index (χ1n) is 4.63. The van der Waals surface area contributed by atoms with Crippen molar-refractivity contribution in [3.8, 4) is 11.8 Å². The third kappa shape index (κ3) is 3.10. The van der Waals surface area contributed by atoms with Gasteiger partial charge in [-0.25, -0.2) is 4.98 Å². The number of nitrogens with two attached hydrogens (primary N) is 1. The predicted molar refractivity (Wildman–Crippen MR) is 66.2 cm³/mol. The van der Waals surface area contributed by atoms with Crippen molar-refractivity contribution in [2.45, 2.75) is 10.9 Å². The Labute approximate surface area is 102 Å². The van der Waals surface area contributed by atoms with E-state index in [2.05, 4.69) is 33.1 Å². The summed E-state index contributed by atoms with van der Waals surface area (Å²) in [6, 6.07) is 2.08. The van der Waals surface area contributed by atoms with Crippen LogP contribution in [0.25, 0.3) is 0 Å². The molecule has 0 aromatic carbocycles. The molecule has 4 nitrogen and oxygen atoms in total. The van der Waals surface area contributed by atoms with Crippen LogP contribution in [-0.2, 0) is 5.75 Å². The van der Waals surface area contributed by atoms with Crippen LogP contribution >= 0.6 is 23.1 Å². The Morgan fingerprint density at radius 1 is 1.56 bits per heavy atom. The molecule has 0 aliphatic carbocycles. The topological polar surface area (TPSA) is 67.6 Å². The summed E-state index contributed by atoms with van der Waals surface area (Å²) in [5, 5.41) is 9.48. The van der Waals surface area contributed by atoms with Crippen molar-refractivity contribution in [1.29, 1.82) is 0 Å². The molecular formula is C10H10N4S2. The standard InChI is InChI=1S/C10H10N4S2/c11-3-1-2-8-4-9(15-5-8)6-16-10-12-7-13-14-10/h4-5,7H,3,6,11H2,(H,12,13,14). The summed E-state index contributed by atoms with van der Waals surface area (Å²) < 4.78 is 0. The van der Waals surface area contributed by atoms with Gasteiger partial charge in [-0.2, -0.15) is 5.10 Å². The van der Waals surface area contributed by atoms with E-state index in [0.717, 1.165) is 16.5 Å². The molecule has 16 heavy (non-hydrogen) atoms. The fraction of sp³-hybridized carbons (Fsp3) is 0.200. The third-order valence-corrected chi connectivity index (χ3v) is 3.78. The number of aromatic amines is 1. The lowest BCUT2D eigenvalue weighted by atomic mass is 10.3. The van der Waals surface area contributed by atoms with Crippen LogP contribution in [0.15, 0.2) is 22.9 Å². The average molecular weight is 250 g/mol. The molecule has 0 atom stereocenters. The number of aromatic nitrogens is 3. The van der Waals surface area contributed by atoms with Gasteiger partial charge in [0, 0.05) is 21.6 Å². The first-order chi connectivity index (χ1) is 7.88. The van der Waals surface area contributed by atoms with Crippen LogP contribution in [0, 0.1) is 11.8 Å². The number of hydrogen-bond donors (Lipinski definition) is 2. The van der Waals surface area contributed by atoms with Gasteiger partial charge in [-0.05, 0) is 6.07 Å². The third-order valence-electron chi connectivity index (χ3n) is 1.73. The number of thioether (sulfide) groups is 1.